The van der Waals surface area contributed by atoms with Crippen molar-refractivity contribution < 1.29 is 4.79 Å². The molecular formula is C17H19N3O2. The molecule has 22 heavy (non-hydrogen) atoms. The highest BCUT2D eigenvalue weighted by molar-refractivity contribution is 5.76. The van der Waals surface area contributed by atoms with E-state index in [0.717, 1.165) is 30.5 Å². The van der Waals surface area contributed by atoms with Crippen molar-refractivity contribution in [3.05, 3.63) is 63.6 Å². The molecule has 0 unspecified atom stereocenters. The van der Waals surface area contributed by atoms with Gasteiger partial charge in [-0.3, -0.25) is 9.59 Å². The summed E-state index contributed by atoms with van der Waals surface area (Å²) in [6, 6.07) is 11.7. The van der Waals surface area contributed by atoms with Gasteiger partial charge in [-0.25, -0.2) is 5.10 Å². The third kappa shape index (κ3) is 3.61. The second-order valence-electron chi connectivity index (χ2n) is 5.70. The van der Waals surface area contributed by atoms with Crippen LogP contribution in [-0.4, -0.2) is 22.1 Å². The van der Waals surface area contributed by atoms with E-state index >= 15 is 0 Å². The first kappa shape index (κ1) is 14.5. The van der Waals surface area contributed by atoms with Gasteiger partial charge in [0.2, 0.25) is 5.91 Å². The second-order valence-corrected chi connectivity index (χ2v) is 5.70. The van der Waals surface area contributed by atoms with Crippen LogP contribution in [0.3, 0.4) is 0 Å². The Bertz CT molecular complexity index is 709. The van der Waals surface area contributed by atoms with Crippen LogP contribution in [0.1, 0.15) is 29.7 Å². The Morgan fingerprint density at radius 2 is 2.14 bits per heavy atom. The van der Waals surface area contributed by atoms with E-state index in [-0.39, 0.29) is 17.5 Å². The summed E-state index contributed by atoms with van der Waals surface area (Å²) in [6.45, 7) is 0. The number of carbonyl (C=O) groups is 1. The number of aryl methyl sites for hydroxylation is 2. The number of fused-ring (bicyclic) bond motifs is 1. The van der Waals surface area contributed by atoms with E-state index in [1.165, 1.54) is 5.56 Å². The summed E-state index contributed by atoms with van der Waals surface area (Å²) in [4.78, 5) is 23.4. The minimum absolute atomic E-state index is 0.0649. The number of H-pyrrole nitrogens is 1. The van der Waals surface area contributed by atoms with Crippen molar-refractivity contribution in [1.29, 1.82) is 0 Å². The fraction of sp³-hybridized carbons (Fsp3) is 0.353. The standard InChI is InChI=1S/C17H19N3O2/c21-16(9-6-12-4-2-1-3-5-12)18-14-7-8-15-13(10-14)11-17(22)20-19-15/h1-5,11,14H,6-10H2,(H,18,21)(H,20,22)/t14-/m0/s1. The Balaban J connectivity index is 1.53. The molecule has 1 aromatic heterocycles. The van der Waals surface area contributed by atoms with Gasteiger partial charge >= 0.3 is 0 Å². The summed E-state index contributed by atoms with van der Waals surface area (Å²) in [6.07, 6.45) is 3.57. The van der Waals surface area contributed by atoms with Gasteiger partial charge < -0.3 is 5.32 Å². The van der Waals surface area contributed by atoms with Crippen LogP contribution in [0.2, 0.25) is 0 Å². The average molecular weight is 297 g/mol. The minimum Gasteiger partial charge on any atom is -0.353 e. The van der Waals surface area contributed by atoms with Gasteiger partial charge in [0.25, 0.3) is 5.56 Å². The van der Waals surface area contributed by atoms with E-state index in [9.17, 15) is 9.59 Å². The molecule has 1 amide bonds. The minimum atomic E-state index is -0.185. The first-order valence-electron chi connectivity index (χ1n) is 7.61. The summed E-state index contributed by atoms with van der Waals surface area (Å²) in [5.74, 6) is 0.0649. The van der Waals surface area contributed by atoms with Crippen molar-refractivity contribution in [2.45, 2.75) is 38.1 Å². The van der Waals surface area contributed by atoms with E-state index in [1.54, 1.807) is 6.07 Å². The highest BCUT2D eigenvalue weighted by atomic mass is 16.1. The van der Waals surface area contributed by atoms with Crippen LogP contribution in [0, 0.1) is 0 Å². The number of nitrogens with one attached hydrogen (secondary N) is 2. The second kappa shape index (κ2) is 6.56. The van der Waals surface area contributed by atoms with Crippen LogP contribution >= 0.6 is 0 Å². The molecule has 2 aromatic rings. The van der Waals surface area contributed by atoms with Crippen LogP contribution in [0.5, 0.6) is 0 Å². The maximum absolute atomic E-state index is 12.1. The number of hydrogen-bond donors (Lipinski definition) is 2. The zero-order valence-electron chi connectivity index (χ0n) is 12.3. The van der Waals surface area contributed by atoms with Gasteiger partial charge in [0.15, 0.2) is 0 Å². The zero-order chi connectivity index (χ0) is 15.4. The Hall–Kier alpha value is -2.43. The fourth-order valence-electron chi connectivity index (χ4n) is 2.87. The molecule has 0 saturated heterocycles. The van der Waals surface area contributed by atoms with Gasteiger partial charge in [0.1, 0.15) is 0 Å². The van der Waals surface area contributed by atoms with Gasteiger partial charge in [-0.15, -0.1) is 0 Å². The summed E-state index contributed by atoms with van der Waals surface area (Å²) < 4.78 is 0. The fourth-order valence-corrected chi connectivity index (χ4v) is 2.87. The summed E-state index contributed by atoms with van der Waals surface area (Å²) in [5.41, 5.74) is 2.87. The lowest BCUT2D eigenvalue weighted by molar-refractivity contribution is -0.121. The van der Waals surface area contributed by atoms with E-state index in [4.69, 9.17) is 0 Å². The smallest absolute Gasteiger partial charge is 0.264 e. The molecule has 0 aliphatic heterocycles. The van der Waals surface area contributed by atoms with Crippen LogP contribution in [0.4, 0.5) is 0 Å². The molecule has 5 nitrogen and oxygen atoms in total. The molecule has 1 heterocycles. The number of rotatable bonds is 4. The van der Waals surface area contributed by atoms with Crippen molar-refractivity contribution in [2.24, 2.45) is 0 Å². The Morgan fingerprint density at radius 3 is 2.95 bits per heavy atom. The highest BCUT2D eigenvalue weighted by Crippen LogP contribution is 2.17. The van der Waals surface area contributed by atoms with Crippen molar-refractivity contribution >= 4 is 5.91 Å². The number of nitrogens with zero attached hydrogens (tertiary/aromatic N) is 1. The van der Waals surface area contributed by atoms with Gasteiger partial charge in [-0.05, 0) is 36.8 Å². The summed E-state index contributed by atoms with van der Waals surface area (Å²) in [5, 5.41) is 9.59. The summed E-state index contributed by atoms with van der Waals surface area (Å²) in [7, 11) is 0. The Labute approximate surface area is 128 Å². The van der Waals surface area contributed by atoms with Gasteiger partial charge in [0.05, 0.1) is 5.69 Å². The lowest BCUT2D eigenvalue weighted by atomic mass is 9.92. The molecule has 2 N–H and O–H groups in total. The average Bonchev–Trinajstić information content (AvgIpc) is 2.53. The molecule has 0 radical (unpaired) electrons. The van der Waals surface area contributed by atoms with E-state index in [0.29, 0.717) is 12.8 Å². The van der Waals surface area contributed by atoms with E-state index < -0.39 is 0 Å². The lowest BCUT2D eigenvalue weighted by Gasteiger charge is -2.24. The topological polar surface area (TPSA) is 74.8 Å². The third-order valence-electron chi connectivity index (χ3n) is 4.02. The molecule has 1 atom stereocenters. The Kier molecular flexibility index (Phi) is 4.32. The third-order valence-corrected chi connectivity index (χ3v) is 4.02. The predicted octanol–water partition coefficient (Wildman–Crippen LogP) is 1.38. The molecule has 0 bridgehead atoms. The SMILES string of the molecule is O=C(CCc1ccccc1)N[C@H]1CCc2n[nH]c(=O)cc2C1. The zero-order valence-corrected chi connectivity index (χ0v) is 12.3. The Morgan fingerprint density at radius 1 is 1.32 bits per heavy atom. The van der Waals surface area contributed by atoms with Crippen LogP contribution in [0.15, 0.2) is 41.2 Å². The molecular weight excluding hydrogens is 278 g/mol. The normalized spacial score (nSPS) is 16.8. The first-order valence-corrected chi connectivity index (χ1v) is 7.61. The van der Waals surface area contributed by atoms with Crippen LogP contribution in [-0.2, 0) is 24.1 Å². The number of benzene rings is 1. The van der Waals surface area contributed by atoms with E-state index in [2.05, 4.69) is 15.5 Å². The molecule has 1 aromatic carbocycles. The maximum atomic E-state index is 12.1. The molecule has 114 valence electrons. The lowest BCUT2D eigenvalue weighted by Crippen LogP contribution is -2.39. The number of amides is 1. The van der Waals surface area contributed by atoms with Gasteiger partial charge in [-0.2, -0.15) is 5.10 Å². The molecule has 0 fully saturated rings. The van der Waals surface area contributed by atoms with Crippen LogP contribution < -0.4 is 10.9 Å². The molecule has 5 heteroatoms. The van der Waals surface area contributed by atoms with Crippen LogP contribution in [0.25, 0.3) is 0 Å². The molecule has 3 rings (SSSR count). The number of aromatic nitrogens is 2. The monoisotopic (exact) mass is 297 g/mol. The molecule has 0 spiro atoms. The number of hydrogen-bond acceptors (Lipinski definition) is 3. The number of aromatic amines is 1. The summed E-state index contributed by atoms with van der Waals surface area (Å²) >= 11 is 0. The molecule has 1 aliphatic rings. The maximum Gasteiger partial charge on any atom is 0.264 e. The van der Waals surface area contributed by atoms with Crippen molar-refractivity contribution in [2.75, 3.05) is 0 Å². The van der Waals surface area contributed by atoms with Gasteiger partial charge in [0, 0.05) is 18.5 Å². The first-order chi connectivity index (χ1) is 10.7. The molecule has 1 aliphatic carbocycles. The predicted molar refractivity (Wildman–Crippen MR) is 83.6 cm³/mol. The molecule has 0 saturated carbocycles. The van der Waals surface area contributed by atoms with Crippen molar-refractivity contribution in [1.82, 2.24) is 15.5 Å². The van der Waals surface area contributed by atoms with Gasteiger partial charge in [-0.1, -0.05) is 30.3 Å². The quantitative estimate of drug-likeness (QED) is 0.895. The van der Waals surface area contributed by atoms with Crippen molar-refractivity contribution in [3.8, 4) is 0 Å². The van der Waals surface area contributed by atoms with Crippen molar-refractivity contribution in [3.63, 3.8) is 0 Å². The number of carbonyl (C=O) groups excluding carboxylic acids is 1. The largest absolute Gasteiger partial charge is 0.353 e. The van der Waals surface area contributed by atoms with E-state index in [1.807, 2.05) is 30.3 Å². The highest BCUT2D eigenvalue weighted by Gasteiger charge is 2.21.